The molecule has 1 aromatic rings. The molecule has 0 aliphatic rings. The van der Waals surface area contributed by atoms with Crippen molar-refractivity contribution in [2.75, 3.05) is 0 Å². The van der Waals surface area contributed by atoms with Crippen molar-refractivity contribution < 1.29 is 4.79 Å². The molecule has 0 spiro atoms. The van der Waals surface area contributed by atoms with Gasteiger partial charge in [0.25, 0.3) is 0 Å². The van der Waals surface area contributed by atoms with Gasteiger partial charge in [-0.05, 0) is 31.2 Å². The Morgan fingerprint density at radius 2 is 1.50 bits per heavy atom. The zero-order valence-electron chi connectivity index (χ0n) is 21.2. The van der Waals surface area contributed by atoms with Crippen LogP contribution in [-0.4, -0.2) is 5.78 Å². The summed E-state index contributed by atoms with van der Waals surface area (Å²) < 4.78 is 0. The van der Waals surface area contributed by atoms with E-state index in [0.717, 1.165) is 18.8 Å². The predicted octanol–water partition coefficient (Wildman–Crippen LogP) is 9.06. The van der Waals surface area contributed by atoms with Crippen LogP contribution in [0.5, 0.6) is 0 Å². The van der Waals surface area contributed by atoms with Gasteiger partial charge in [-0.3, -0.25) is 4.79 Å². The summed E-state index contributed by atoms with van der Waals surface area (Å²) in [5.41, 5.74) is 2.78. The number of Topliss-reactive ketones (excluding diaryl/α,β-unsaturated/α-hetero) is 1. The van der Waals surface area contributed by atoms with Gasteiger partial charge in [-0.25, -0.2) is 0 Å². The molecule has 28 heavy (non-hydrogen) atoms. The van der Waals surface area contributed by atoms with Crippen molar-refractivity contribution >= 4 is 5.78 Å². The second-order valence-electron chi connectivity index (χ2n) is 8.10. The molecule has 0 fully saturated rings. The average Bonchev–Trinajstić information content (AvgIpc) is 2.69. The molecule has 0 radical (unpaired) electrons. The predicted molar refractivity (Wildman–Crippen MR) is 130 cm³/mol. The van der Waals surface area contributed by atoms with E-state index in [1.807, 2.05) is 41.5 Å². The molecule has 1 aromatic carbocycles. The highest BCUT2D eigenvalue weighted by Crippen LogP contribution is 2.09. The summed E-state index contributed by atoms with van der Waals surface area (Å²) in [5, 5.41) is 0. The van der Waals surface area contributed by atoms with Crippen LogP contribution in [0.2, 0.25) is 0 Å². The molecule has 0 aromatic heterocycles. The third-order valence-corrected chi connectivity index (χ3v) is 4.54. The maximum Gasteiger partial charge on any atom is 0.138 e. The monoisotopic (exact) mass is 392 g/mol. The van der Waals surface area contributed by atoms with Crippen LogP contribution in [-0.2, 0) is 11.2 Å². The Hall–Kier alpha value is -1.11. The second-order valence-corrected chi connectivity index (χ2v) is 8.10. The number of benzene rings is 1. The van der Waals surface area contributed by atoms with Crippen LogP contribution < -0.4 is 0 Å². The molecule has 1 atom stereocenters. The van der Waals surface area contributed by atoms with E-state index in [0.29, 0.717) is 5.78 Å². The first-order valence-electron chi connectivity index (χ1n) is 11.8. The Bertz CT molecular complexity index is 445. The fourth-order valence-electron chi connectivity index (χ4n) is 2.50. The number of unbranched alkanes of at least 4 members (excludes halogenated alkanes) is 2. The normalized spacial score (nSPS) is 10.8. The van der Waals surface area contributed by atoms with Crippen LogP contribution in [0.1, 0.15) is 112 Å². The fraction of sp³-hybridized carbons (Fsp3) is 0.741. The Morgan fingerprint density at radius 3 is 1.79 bits per heavy atom. The molecule has 0 saturated carbocycles. The van der Waals surface area contributed by atoms with Crippen LogP contribution in [0.3, 0.4) is 0 Å². The zero-order chi connectivity index (χ0) is 22.5. The van der Waals surface area contributed by atoms with Crippen molar-refractivity contribution in [1.29, 1.82) is 0 Å². The van der Waals surface area contributed by atoms with E-state index in [4.69, 9.17) is 0 Å². The van der Waals surface area contributed by atoms with Gasteiger partial charge in [0.05, 0.1) is 0 Å². The third-order valence-electron chi connectivity index (χ3n) is 4.54. The lowest BCUT2D eigenvalue weighted by Crippen LogP contribution is -2.15. The van der Waals surface area contributed by atoms with E-state index < -0.39 is 0 Å². The van der Waals surface area contributed by atoms with Crippen LogP contribution >= 0.6 is 0 Å². The lowest BCUT2D eigenvalue weighted by molar-refractivity contribution is -0.125. The molecule has 1 nitrogen and oxygen atoms in total. The van der Waals surface area contributed by atoms with Gasteiger partial charge in [-0.1, -0.05) is 125 Å². The van der Waals surface area contributed by atoms with Crippen molar-refractivity contribution in [2.24, 2.45) is 17.8 Å². The topological polar surface area (TPSA) is 17.1 Å². The molecule has 1 heteroatoms. The summed E-state index contributed by atoms with van der Waals surface area (Å²) in [4.78, 5) is 11.1. The Morgan fingerprint density at radius 1 is 0.929 bits per heavy atom. The first-order valence-corrected chi connectivity index (χ1v) is 11.8. The number of carbonyl (C=O) groups is 1. The summed E-state index contributed by atoms with van der Waals surface area (Å²) in [6.07, 6.45) is 7.71. The van der Waals surface area contributed by atoms with Crippen molar-refractivity contribution in [1.82, 2.24) is 0 Å². The fourth-order valence-corrected chi connectivity index (χ4v) is 2.50. The smallest absolute Gasteiger partial charge is 0.138 e. The molecule has 1 rings (SSSR count). The van der Waals surface area contributed by atoms with Crippen LogP contribution in [0.15, 0.2) is 24.3 Å². The second kappa shape index (κ2) is 22.2. The molecular weight excluding hydrogens is 340 g/mol. The molecule has 0 N–H and O–H groups in total. The molecule has 0 amide bonds. The van der Waals surface area contributed by atoms with Gasteiger partial charge in [-0.15, -0.1) is 0 Å². The summed E-state index contributed by atoms with van der Waals surface area (Å²) in [7, 11) is 0. The molecule has 1 unspecified atom stereocenters. The first kappa shape index (κ1) is 31.6. The van der Waals surface area contributed by atoms with Gasteiger partial charge in [0.1, 0.15) is 5.78 Å². The number of rotatable bonds is 8. The van der Waals surface area contributed by atoms with Crippen molar-refractivity contribution in [3.63, 3.8) is 0 Å². The minimum absolute atomic E-state index is 0.208. The van der Waals surface area contributed by atoms with Crippen molar-refractivity contribution in [3.8, 4) is 0 Å². The van der Waals surface area contributed by atoms with E-state index in [1.165, 1.54) is 36.8 Å². The van der Waals surface area contributed by atoms with E-state index in [2.05, 4.69) is 58.9 Å². The van der Waals surface area contributed by atoms with Gasteiger partial charge in [-0.2, -0.15) is 0 Å². The van der Waals surface area contributed by atoms with Crippen LogP contribution in [0, 0.1) is 24.7 Å². The van der Waals surface area contributed by atoms with E-state index in [1.54, 1.807) is 0 Å². The highest BCUT2D eigenvalue weighted by Gasteiger charge is 2.13. The molecule has 0 aliphatic carbocycles. The van der Waals surface area contributed by atoms with E-state index in [9.17, 15) is 4.79 Å². The summed E-state index contributed by atoms with van der Waals surface area (Å²) in [6, 6.07) is 8.61. The number of hydrogen-bond donors (Lipinski definition) is 0. The Balaban J connectivity index is -0.000000321. The maximum atomic E-state index is 11.1. The highest BCUT2D eigenvalue weighted by molar-refractivity contribution is 5.82. The first-order chi connectivity index (χ1) is 13.2. The average molecular weight is 393 g/mol. The third kappa shape index (κ3) is 21.2. The minimum Gasteiger partial charge on any atom is -0.299 e. The minimum atomic E-state index is 0.208. The van der Waals surface area contributed by atoms with Gasteiger partial charge in [0.2, 0.25) is 0 Å². The largest absolute Gasteiger partial charge is 0.299 e. The molecule has 166 valence electrons. The summed E-state index contributed by atoms with van der Waals surface area (Å²) in [6.45, 7) is 23.1. The highest BCUT2D eigenvalue weighted by atomic mass is 16.1. The summed E-state index contributed by atoms with van der Waals surface area (Å²) in [5.74, 6) is 1.75. The van der Waals surface area contributed by atoms with Gasteiger partial charge in [0, 0.05) is 11.8 Å². The quantitative estimate of drug-likeness (QED) is 0.403. The number of aryl methyl sites for hydroxylation is 2. The SMILES string of the molecule is CC.CCC(C)C(=O)C(C)C.CCCCCC(C)C.CCc1cccc(C)c1. The lowest BCUT2D eigenvalue weighted by Gasteiger charge is -2.08. The van der Waals surface area contributed by atoms with E-state index in [-0.39, 0.29) is 11.8 Å². The molecule has 0 aliphatic heterocycles. The number of ketones is 1. The van der Waals surface area contributed by atoms with Crippen LogP contribution in [0.25, 0.3) is 0 Å². The number of carbonyl (C=O) groups excluding carboxylic acids is 1. The zero-order valence-corrected chi connectivity index (χ0v) is 21.2. The van der Waals surface area contributed by atoms with Crippen LogP contribution in [0.4, 0.5) is 0 Å². The van der Waals surface area contributed by atoms with Crippen molar-refractivity contribution in [2.45, 2.75) is 115 Å². The number of hydrogen-bond acceptors (Lipinski definition) is 1. The van der Waals surface area contributed by atoms with Gasteiger partial charge < -0.3 is 0 Å². The van der Waals surface area contributed by atoms with E-state index >= 15 is 0 Å². The molecule has 0 saturated heterocycles. The lowest BCUT2D eigenvalue weighted by atomic mass is 9.95. The Labute approximate surface area is 178 Å². The van der Waals surface area contributed by atoms with Gasteiger partial charge >= 0.3 is 0 Å². The Kier molecular flexibility index (Phi) is 25.0. The maximum absolute atomic E-state index is 11.1. The van der Waals surface area contributed by atoms with Crippen molar-refractivity contribution in [3.05, 3.63) is 35.4 Å². The summed E-state index contributed by atoms with van der Waals surface area (Å²) >= 11 is 0. The standard InChI is InChI=1S/C9H12.C8H16O.C8H18.C2H6/c1-3-9-6-4-5-8(2)7-9;1-5-7(4)8(9)6(2)3;1-4-5-6-7-8(2)3;1-2/h4-7H,3H2,1-2H3;6-7H,5H2,1-4H3;8H,4-7H2,1-3H3;1-2H3. The van der Waals surface area contributed by atoms with Gasteiger partial charge in [0.15, 0.2) is 0 Å². The molecule has 0 bridgehead atoms. The molecular formula is C27H52O. The molecule has 0 heterocycles.